The number of benzene rings is 1. The van der Waals surface area contributed by atoms with Crippen molar-refractivity contribution in [3.63, 3.8) is 0 Å². The third kappa shape index (κ3) is 1.94. The smallest absolute Gasteiger partial charge is 0.249 e. The van der Waals surface area contributed by atoms with Crippen molar-refractivity contribution < 1.29 is 4.79 Å². The van der Waals surface area contributed by atoms with E-state index in [-0.39, 0.29) is 5.91 Å². The van der Waals surface area contributed by atoms with Gasteiger partial charge in [0.2, 0.25) is 5.91 Å². The molecule has 1 aromatic rings. The summed E-state index contributed by atoms with van der Waals surface area (Å²) in [6.45, 7) is 0.656. The van der Waals surface area contributed by atoms with E-state index in [0.29, 0.717) is 6.54 Å². The van der Waals surface area contributed by atoms with Crippen LogP contribution in [0, 0.1) is 0 Å². The minimum Gasteiger partial charge on any atom is -0.367 e. The monoisotopic (exact) mass is 272 g/mol. The lowest BCUT2D eigenvalue weighted by molar-refractivity contribution is -0.118. The number of nitrogens with two attached hydrogens (primary N) is 1. The molecule has 14 heavy (non-hydrogen) atoms. The highest BCUT2D eigenvalue weighted by Gasteiger charge is 2.49. The summed E-state index contributed by atoms with van der Waals surface area (Å²) >= 11 is 4.82. The predicted molar refractivity (Wildman–Crippen MR) is 59.9 cm³/mol. The van der Waals surface area contributed by atoms with Gasteiger partial charge in [0.1, 0.15) is 0 Å². The van der Waals surface area contributed by atoms with Crippen molar-refractivity contribution in [3.8, 4) is 0 Å². The molecule has 2 rings (SSSR count). The van der Waals surface area contributed by atoms with Crippen LogP contribution in [0.4, 0.5) is 0 Å². The van der Waals surface area contributed by atoms with Gasteiger partial charge in [0.15, 0.2) is 4.87 Å². The van der Waals surface area contributed by atoms with E-state index in [9.17, 15) is 4.79 Å². The van der Waals surface area contributed by atoms with Gasteiger partial charge in [0.05, 0.1) is 0 Å². The van der Waals surface area contributed by atoms with Crippen molar-refractivity contribution in [2.24, 2.45) is 5.73 Å². The lowest BCUT2D eigenvalue weighted by atomic mass is 10.4. The summed E-state index contributed by atoms with van der Waals surface area (Å²) in [5.74, 6) is -0.301. The molecule has 1 atom stereocenters. The zero-order valence-electron chi connectivity index (χ0n) is 7.29. The maximum absolute atomic E-state index is 11.1. The quantitative estimate of drug-likeness (QED) is 0.816. The highest BCUT2D eigenvalue weighted by molar-refractivity contribution is 9.10. The first-order chi connectivity index (χ1) is 6.62. The number of rotatable bonds is 3. The Labute approximate surface area is 94.6 Å². The Balaban J connectivity index is 2.11. The molecular weight excluding hydrogens is 264 g/mol. The Morgan fingerprint density at radius 3 is 2.50 bits per heavy atom. The van der Waals surface area contributed by atoms with Gasteiger partial charge in [-0.05, 0) is 24.3 Å². The van der Waals surface area contributed by atoms with Crippen LogP contribution < -0.4 is 11.1 Å². The van der Waals surface area contributed by atoms with Gasteiger partial charge in [-0.3, -0.25) is 10.1 Å². The van der Waals surface area contributed by atoms with Crippen molar-refractivity contribution in [2.75, 3.05) is 6.54 Å². The Bertz CT molecular complexity index is 362. The fourth-order valence-electron chi connectivity index (χ4n) is 1.08. The van der Waals surface area contributed by atoms with E-state index >= 15 is 0 Å². The van der Waals surface area contributed by atoms with E-state index in [1.54, 1.807) is 0 Å². The molecule has 0 aromatic heterocycles. The number of primary amides is 1. The van der Waals surface area contributed by atoms with Gasteiger partial charge in [0.25, 0.3) is 0 Å². The molecule has 0 bridgehead atoms. The number of hydrogen-bond acceptors (Lipinski definition) is 3. The van der Waals surface area contributed by atoms with Crippen LogP contribution in [0.1, 0.15) is 0 Å². The fourth-order valence-corrected chi connectivity index (χ4v) is 2.34. The third-order valence-electron chi connectivity index (χ3n) is 2.00. The number of amides is 1. The minimum atomic E-state index is -0.562. The van der Waals surface area contributed by atoms with Crippen LogP contribution in [-0.2, 0) is 4.79 Å². The van der Waals surface area contributed by atoms with Crippen LogP contribution in [0.3, 0.4) is 0 Å². The molecule has 0 spiro atoms. The molecule has 74 valence electrons. The number of halogens is 1. The number of carbonyl (C=O) groups excluding carboxylic acids is 1. The van der Waals surface area contributed by atoms with Crippen molar-refractivity contribution in [1.82, 2.24) is 5.32 Å². The highest BCUT2D eigenvalue weighted by Crippen LogP contribution is 2.37. The summed E-state index contributed by atoms with van der Waals surface area (Å²) in [5, 5.41) is 2.99. The molecule has 1 aliphatic rings. The molecule has 0 saturated carbocycles. The predicted octanol–water partition coefficient (Wildman–Crippen LogP) is 1.33. The summed E-state index contributed by atoms with van der Waals surface area (Å²) in [7, 11) is 0. The van der Waals surface area contributed by atoms with Gasteiger partial charge >= 0.3 is 0 Å². The average Bonchev–Trinajstić information content (AvgIpc) is 2.90. The van der Waals surface area contributed by atoms with Crippen LogP contribution in [0.25, 0.3) is 0 Å². The molecule has 0 radical (unpaired) electrons. The van der Waals surface area contributed by atoms with E-state index < -0.39 is 4.87 Å². The minimum absolute atomic E-state index is 0.301. The topological polar surface area (TPSA) is 65.0 Å². The fraction of sp³-hybridized carbons (Fsp3) is 0.222. The zero-order valence-corrected chi connectivity index (χ0v) is 9.69. The first-order valence-corrected chi connectivity index (χ1v) is 5.73. The van der Waals surface area contributed by atoms with E-state index in [4.69, 9.17) is 5.73 Å². The molecule has 5 heteroatoms. The number of hydrogen-bond donors (Lipinski definition) is 2. The Morgan fingerprint density at radius 2 is 2.07 bits per heavy atom. The van der Waals surface area contributed by atoms with Gasteiger partial charge in [-0.25, -0.2) is 0 Å². The normalized spacial score (nSPS) is 24.6. The molecule has 1 saturated heterocycles. The van der Waals surface area contributed by atoms with Crippen LogP contribution in [-0.4, -0.2) is 17.3 Å². The Morgan fingerprint density at radius 1 is 1.50 bits per heavy atom. The second-order valence-corrected chi connectivity index (χ2v) is 5.39. The number of nitrogens with one attached hydrogen (secondary N) is 1. The maximum atomic E-state index is 11.1. The van der Waals surface area contributed by atoms with Gasteiger partial charge in [-0.1, -0.05) is 27.7 Å². The van der Waals surface area contributed by atoms with Gasteiger partial charge in [-0.2, -0.15) is 0 Å². The van der Waals surface area contributed by atoms with E-state index in [1.807, 2.05) is 24.3 Å². The van der Waals surface area contributed by atoms with Crippen LogP contribution in [0.2, 0.25) is 0 Å². The van der Waals surface area contributed by atoms with Gasteiger partial charge < -0.3 is 5.73 Å². The first-order valence-electron chi connectivity index (χ1n) is 4.12. The Hall–Kier alpha value is -0.520. The molecule has 1 amide bonds. The largest absolute Gasteiger partial charge is 0.367 e. The second-order valence-electron chi connectivity index (χ2n) is 3.10. The van der Waals surface area contributed by atoms with E-state index in [1.165, 1.54) is 11.8 Å². The molecule has 0 unspecified atom stereocenters. The van der Waals surface area contributed by atoms with E-state index in [2.05, 4.69) is 21.2 Å². The van der Waals surface area contributed by atoms with Crippen LogP contribution in [0.5, 0.6) is 0 Å². The number of carbonyl (C=O) groups is 1. The molecule has 1 aliphatic heterocycles. The van der Waals surface area contributed by atoms with Gasteiger partial charge in [0, 0.05) is 15.9 Å². The molecule has 1 fully saturated rings. The average molecular weight is 273 g/mol. The van der Waals surface area contributed by atoms with Crippen LogP contribution >= 0.6 is 27.7 Å². The summed E-state index contributed by atoms with van der Waals surface area (Å²) in [6.07, 6.45) is 0. The number of thioether (sulfide) groups is 1. The van der Waals surface area contributed by atoms with Crippen molar-refractivity contribution >= 4 is 33.6 Å². The van der Waals surface area contributed by atoms with Crippen LogP contribution in [0.15, 0.2) is 33.6 Å². The van der Waals surface area contributed by atoms with Gasteiger partial charge in [-0.15, -0.1) is 0 Å². The zero-order chi connectivity index (χ0) is 10.2. The lowest BCUT2D eigenvalue weighted by Gasteiger charge is -2.08. The first kappa shape index (κ1) is 10.0. The third-order valence-corrected chi connectivity index (χ3v) is 3.88. The molecule has 1 aromatic carbocycles. The molecule has 3 N–H and O–H groups in total. The molecular formula is C9H9BrN2OS. The Kier molecular flexibility index (Phi) is 2.55. The lowest BCUT2D eigenvalue weighted by Crippen LogP contribution is -2.31. The summed E-state index contributed by atoms with van der Waals surface area (Å²) < 4.78 is 1.03. The van der Waals surface area contributed by atoms with Crippen molar-refractivity contribution in [2.45, 2.75) is 9.77 Å². The second kappa shape index (κ2) is 3.56. The molecule has 3 nitrogen and oxygen atoms in total. The van der Waals surface area contributed by atoms with Crippen molar-refractivity contribution in [1.29, 1.82) is 0 Å². The highest BCUT2D eigenvalue weighted by atomic mass is 79.9. The standard InChI is InChI=1S/C9H9BrN2OS/c10-6-1-3-7(4-2-6)14-9(5-12-9)8(11)13/h1-4,12H,5H2,(H2,11,13)/t9-/m1/s1. The van der Waals surface area contributed by atoms with Crippen molar-refractivity contribution in [3.05, 3.63) is 28.7 Å². The maximum Gasteiger partial charge on any atom is 0.249 e. The molecule has 0 aliphatic carbocycles. The SMILES string of the molecule is NC(=O)[C@]1(Sc2ccc(Br)cc2)CN1. The summed E-state index contributed by atoms with van der Waals surface area (Å²) in [6, 6.07) is 7.80. The summed E-state index contributed by atoms with van der Waals surface area (Å²) in [4.78, 5) is 11.6. The molecule has 1 heterocycles. The summed E-state index contributed by atoms with van der Waals surface area (Å²) in [5.41, 5.74) is 5.28. The van der Waals surface area contributed by atoms with E-state index in [0.717, 1.165) is 9.37 Å².